The Kier molecular flexibility index (Phi) is 9.24. The number of sulfonamides is 1. The molecule has 0 bridgehead atoms. The van der Waals surface area contributed by atoms with Crippen molar-refractivity contribution in [1.82, 2.24) is 25.5 Å². The lowest BCUT2D eigenvalue weighted by atomic mass is 10.1. The summed E-state index contributed by atoms with van der Waals surface area (Å²) in [6.45, 7) is 1.50. The second-order valence-corrected chi connectivity index (χ2v) is 11.0. The van der Waals surface area contributed by atoms with Gasteiger partial charge < -0.3 is 26.0 Å². The third-order valence-electron chi connectivity index (χ3n) is 5.91. The molecule has 0 radical (unpaired) electrons. The first-order valence-corrected chi connectivity index (χ1v) is 14.3. The van der Waals surface area contributed by atoms with Gasteiger partial charge in [0.1, 0.15) is 10.8 Å². The van der Waals surface area contributed by atoms with E-state index in [2.05, 4.69) is 36.0 Å². The fourth-order valence-corrected chi connectivity index (χ4v) is 5.13. The quantitative estimate of drug-likeness (QED) is 0.224. The number of halogens is 1. The Morgan fingerprint density at radius 2 is 1.98 bits per heavy atom. The van der Waals surface area contributed by atoms with E-state index in [0.717, 1.165) is 0 Å². The number of methoxy groups -OCH3 is 1. The van der Waals surface area contributed by atoms with Crippen LogP contribution in [0.1, 0.15) is 10.4 Å². The van der Waals surface area contributed by atoms with Crippen molar-refractivity contribution in [1.29, 1.82) is 0 Å². The van der Waals surface area contributed by atoms with Crippen molar-refractivity contribution < 1.29 is 22.7 Å². The molecule has 1 aromatic heterocycles. The average Bonchev–Trinajstić information content (AvgIpc) is 2.94. The molecule has 4 rings (SSSR count). The van der Waals surface area contributed by atoms with Gasteiger partial charge in [0.25, 0.3) is 5.91 Å². The highest BCUT2D eigenvalue weighted by Crippen LogP contribution is 2.32. The molecule has 0 atom stereocenters. The molecule has 0 aliphatic carbocycles. The van der Waals surface area contributed by atoms with Crippen LogP contribution in [0.3, 0.4) is 0 Å². The number of benzene rings is 2. The summed E-state index contributed by atoms with van der Waals surface area (Å²) in [7, 11) is -0.685. The molecule has 0 spiro atoms. The van der Waals surface area contributed by atoms with Crippen LogP contribution in [0, 0.1) is 0 Å². The minimum atomic E-state index is -3.68. The Hall–Kier alpha value is -4.14. The fourth-order valence-electron chi connectivity index (χ4n) is 3.91. The van der Waals surface area contributed by atoms with Crippen LogP contribution in [0.15, 0.2) is 48.7 Å². The second-order valence-electron chi connectivity index (χ2n) is 8.73. The molecule has 40 heavy (non-hydrogen) atoms. The number of para-hydroxylation sites is 1. The second kappa shape index (κ2) is 12.8. The number of nitrogens with zero attached hydrogens (tertiary/aromatic N) is 3. The Balaban J connectivity index is 1.46. The van der Waals surface area contributed by atoms with E-state index in [1.165, 1.54) is 19.4 Å². The van der Waals surface area contributed by atoms with Crippen LogP contribution >= 0.6 is 11.6 Å². The summed E-state index contributed by atoms with van der Waals surface area (Å²) in [4.78, 5) is 34.2. The first kappa shape index (κ1) is 28.9. The topological polar surface area (TPSA) is 167 Å². The predicted molar refractivity (Wildman–Crippen MR) is 153 cm³/mol. The summed E-state index contributed by atoms with van der Waals surface area (Å²) in [6.07, 6.45) is 1.41. The van der Waals surface area contributed by atoms with E-state index in [0.29, 0.717) is 41.5 Å². The molecule has 1 aliphatic heterocycles. The number of anilines is 5. The molecule has 1 aliphatic rings. The number of amides is 2. The first-order valence-electron chi connectivity index (χ1n) is 12.2. The van der Waals surface area contributed by atoms with Gasteiger partial charge in [-0.2, -0.15) is 4.98 Å². The lowest BCUT2D eigenvalue weighted by Gasteiger charge is -2.26. The van der Waals surface area contributed by atoms with E-state index >= 15 is 0 Å². The number of hydrogen-bond donors (Lipinski definition) is 5. The Labute approximate surface area is 236 Å². The molecule has 2 aromatic carbocycles. The zero-order valence-corrected chi connectivity index (χ0v) is 23.4. The van der Waals surface area contributed by atoms with Gasteiger partial charge in [-0.15, -0.1) is 0 Å². The normalized spacial score (nSPS) is 13.7. The van der Waals surface area contributed by atoms with Crippen molar-refractivity contribution in [3.8, 4) is 5.75 Å². The van der Waals surface area contributed by atoms with Gasteiger partial charge in [-0.3, -0.25) is 19.2 Å². The monoisotopic (exact) mass is 588 g/mol. The summed E-state index contributed by atoms with van der Waals surface area (Å²) in [5, 5.41) is 11.6. The molecule has 5 N–H and O–H groups in total. The van der Waals surface area contributed by atoms with Gasteiger partial charge in [0.05, 0.1) is 48.2 Å². The number of ether oxygens (including phenoxy) is 1. The Morgan fingerprint density at radius 3 is 2.73 bits per heavy atom. The largest absolute Gasteiger partial charge is 0.494 e. The lowest BCUT2D eigenvalue weighted by Crippen LogP contribution is -2.49. The molecule has 0 saturated carbocycles. The predicted octanol–water partition coefficient (Wildman–Crippen LogP) is 2.16. The number of rotatable bonds is 11. The number of hydrogen-bond acceptors (Lipinski definition) is 10. The fraction of sp³-hybridized carbons (Fsp3) is 0.280. The highest BCUT2D eigenvalue weighted by molar-refractivity contribution is 7.92. The Bertz CT molecular complexity index is 1500. The van der Waals surface area contributed by atoms with Gasteiger partial charge in [-0.25, -0.2) is 13.4 Å². The zero-order chi connectivity index (χ0) is 28.7. The number of carbonyl (C=O) groups excluding carboxylic acids is 2. The highest BCUT2D eigenvalue weighted by Gasteiger charge is 2.20. The minimum absolute atomic E-state index is 0.120. The molecule has 2 heterocycles. The third kappa shape index (κ3) is 7.49. The van der Waals surface area contributed by atoms with Crippen LogP contribution in [0.4, 0.5) is 28.8 Å². The van der Waals surface area contributed by atoms with Gasteiger partial charge in [0, 0.05) is 32.7 Å². The summed E-state index contributed by atoms with van der Waals surface area (Å²) < 4.78 is 33.3. The van der Waals surface area contributed by atoms with Crippen molar-refractivity contribution in [2.75, 3.05) is 61.4 Å². The molecule has 1 fully saturated rings. The van der Waals surface area contributed by atoms with E-state index in [1.54, 1.807) is 48.3 Å². The zero-order valence-electron chi connectivity index (χ0n) is 21.8. The third-order valence-corrected chi connectivity index (χ3v) is 7.45. The first-order chi connectivity index (χ1) is 19.2. The van der Waals surface area contributed by atoms with E-state index in [9.17, 15) is 18.0 Å². The highest BCUT2D eigenvalue weighted by atomic mass is 35.5. The van der Waals surface area contributed by atoms with Crippen molar-refractivity contribution in [3.63, 3.8) is 0 Å². The lowest BCUT2D eigenvalue weighted by molar-refractivity contribution is -0.124. The number of nitrogens with one attached hydrogen (secondary N) is 5. The Morgan fingerprint density at radius 1 is 1.18 bits per heavy atom. The van der Waals surface area contributed by atoms with Gasteiger partial charge in [-0.1, -0.05) is 23.7 Å². The van der Waals surface area contributed by atoms with Gasteiger partial charge in [-0.05, 0) is 24.3 Å². The van der Waals surface area contributed by atoms with Crippen molar-refractivity contribution in [3.05, 3.63) is 59.2 Å². The molecular formula is C25H29ClN8O5S. The minimum Gasteiger partial charge on any atom is -0.494 e. The maximum absolute atomic E-state index is 12.6. The van der Waals surface area contributed by atoms with E-state index < -0.39 is 10.0 Å². The molecule has 1 saturated heterocycles. The molecule has 2 amide bonds. The van der Waals surface area contributed by atoms with Crippen LogP contribution in [-0.4, -0.2) is 81.2 Å². The van der Waals surface area contributed by atoms with Crippen molar-refractivity contribution in [2.24, 2.45) is 0 Å². The maximum atomic E-state index is 12.6. The van der Waals surface area contributed by atoms with Gasteiger partial charge in [0.2, 0.25) is 21.9 Å². The van der Waals surface area contributed by atoms with Gasteiger partial charge in [0.15, 0.2) is 5.82 Å². The van der Waals surface area contributed by atoms with Crippen molar-refractivity contribution in [2.45, 2.75) is 0 Å². The summed E-state index contributed by atoms with van der Waals surface area (Å²) >= 11 is 6.31. The number of piperazine rings is 1. The van der Waals surface area contributed by atoms with E-state index in [-0.39, 0.29) is 47.4 Å². The summed E-state index contributed by atoms with van der Waals surface area (Å²) in [5.41, 5.74) is 1.70. The maximum Gasteiger partial charge on any atom is 0.253 e. The van der Waals surface area contributed by atoms with E-state index in [1.807, 2.05) is 0 Å². The molecule has 0 unspecified atom stereocenters. The molecule has 3 aromatic rings. The van der Waals surface area contributed by atoms with Crippen molar-refractivity contribution >= 4 is 62.3 Å². The van der Waals surface area contributed by atoms with E-state index in [4.69, 9.17) is 16.3 Å². The smallest absolute Gasteiger partial charge is 0.253 e. The van der Waals surface area contributed by atoms with Crippen LogP contribution in [0.25, 0.3) is 0 Å². The number of aromatic nitrogens is 2. The molecule has 15 heteroatoms. The van der Waals surface area contributed by atoms with Gasteiger partial charge >= 0.3 is 0 Å². The standard InChI is InChI=1S/C25H29ClN8O5S/c1-27-24(36)17-5-3-4-6-19(17)30-23-18(26)14-29-25(32-23)31-20-8-7-16(13-21(20)39-2)33-40(37,38)12-11-34-10-9-28-22(35)15-34/h3-8,13-14,33H,9-12,15H2,1-2H3,(H,27,36)(H,28,35)(H2,29,30,31,32). The molecular weight excluding hydrogens is 560 g/mol. The number of carbonyl (C=O) groups is 2. The van der Waals surface area contributed by atoms with Crippen LogP contribution < -0.4 is 30.7 Å². The molecule has 13 nitrogen and oxygen atoms in total. The van der Waals surface area contributed by atoms with Crippen LogP contribution in [-0.2, 0) is 14.8 Å². The summed E-state index contributed by atoms with van der Waals surface area (Å²) in [5.74, 6) is 0.231. The molecule has 212 valence electrons. The van der Waals surface area contributed by atoms with Crippen LogP contribution in [0.5, 0.6) is 5.75 Å². The van der Waals surface area contributed by atoms with Crippen LogP contribution in [0.2, 0.25) is 5.02 Å². The SMILES string of the molecule is CNC(=O)c1ccccc1Nc1nc(Nc2ccc(NS(=O)(=O)CCN3CCNC(=O)C3)cc2OC)ncc1Cl. The average molecular weight is 589 g/mol. The summed E-state index contributed by atoms with van der Waals surface area (Å²) in [6, 6.07) is 11.6.